The molecule has 2 fully saturated rings. The number of hydrogen-bond donors (Lipinski definition) is 1. The van der Waals surface area contributed by atoms with Crippen LogP contribution in [-0.2, 0) is 4.79 Å². The molecular weight excluding hydrogens is 312 g/mol. The van der Waals surface area contributed by atoms with Crippen molar-refractivity contribution in [3.05, 3.63) is 35.9 Å². The molecule has 2 aliphatic rings. The Bertz CT molecular complexity index is 547. The average molecular weight is 337 g/mol. The highest BCUT2D eigenvalue weighted by atomic mass is 35.5. The lowest BCUT2D eigenvalue weighted by molar-refractivity contribution is -0.138. The second-order valence-corrected chi connectivity index (χ2v) is 6.66. The highest BCUT2D eigenvalue weighted by Crippen LogP contribution is 2.31. The molecule has 1 heterocycles. The fraction of sp³-hybridized carbons (Fsp3) is 0.556. The van der Waals surface area contributed by atoms with E-state index in [1.807, 2.05) is 35.2 Å². The van der Waals surface area contributed by atoms with Gasteiger partial charge in [0, 0.05) is 24.6 Å². The molecular formula is C18H25ClN2O2. The molecule has 4 nitrogen and oxygen atoms in total. The molecule has 0 aromatic heterocycles. The van der Waals surface area contributed by atoms with E-state index < -0.39 is 5.54 Å². The van der Waals surface area contributed by atoms with E-state index >= 15 is 0 Å². The van der Waals surface area contributed by atoms with Gasteiger partial charge in [-0.15, -0.1) is 12.4 Å². The lowest BCUT2D eigenvalue weighted by Gasteiger charge is -2.36. The molecule has 0 bridgehead atoms. The molecule has 1 aliphatic heterocycles. The Kier molecular flexibility index (Phi) is 5.82. The van der Waals surface area contributed by atoms with E-state index in [9.17, 15) is 9.59 Å². The third-order valence-electron chi connectivity index (χ3n) is 5.13. The summed E-state index contributed by atoms with van der Waals surface area (Å²) in [4.78, 5) is 26.9. The molecule has 1 saturated heterocycles. The van der Waals surface area contributed by atoms with Crippen LogP contribution in [0.2, 0.25) is 0 Å². The van der Waals surface area contributed by atoms with Crippen molar-refractivity contribution in [1.29, 1.82) is 0 Å². The Hall–Kier alpha value is -1.39. The number of Topliss-reactive ketones (excluding diaryl/α,β-unsaturated/α-hetero) is 1. The molecule has 23 heavy (non-hydrogen) atoms. The van der Waals surface area contributed by atoms with Crippen molar-refractivity contribution in [3.63, 3.8) is 0 Å². The molecule has 0 unspecified atom stereocenters. The van der Waals surface area contributed by atoms with Gasteiger partial charge in [0.05, 0.1) is 5.54 Å². The molecule has 5 heteroatoms. The summed E-state index contributed by atoms with van der Waals surface area (Å²) in [7, 11) is 0. The van der Waals surface area contributed by atoms with E-state index in [-0.39, 0.29) is 30.0 Å². The summed E-state index contributed by atoms with van der Waals surface area (Å²) in [5.74, 6) is 0.329. The monoisotopic (exact) mass is 336 g/mol. The van der Waals surface area contributed by atoms with Crippen LogP contribution in [0.4, 0.5) is 0 Å². The normalized spacial score (nSPS) is 20.8. The van der Waals surface area contributed by atoms with Crippen LogP contribution in [0.5, 0.6) is 0 Å². The summed E-state index contributed by atoms with van der Waals surface area (Å²) in [6, 6.07) is 9.44. The number of halogens is 1. The minimum Gasteiger partial charge on any atom is -0.341 e. The van der Waals surface area contributed by atoms with E-state index in [4.69, 9.17) is 5.73 Å². The van der Waals surface area contributed by atoms with Gasteiger partial charge in [-0.2, -0.15) is 0 Å². The molecule has 0 spiro atoms. The van der Waals surface area contributed by atoms with Gasteiger partial charge in [0.1, 0.15) is 0 Å². The summed E-state index contributed by atoms with van der Waals surface area (Å²) in [5.41, 5.74) is 6.39. The van der Waals surface area contributed by atoms with E-state index in [1.54, 1.807) is 0 Å². The van der Waals surface area contributed by atoms with Crippen LogP contribution in [0.3, 0.4) is 0 Å². The predicted molar refractivity (Wildman–Crippen MR) is 92.7 cm³/mol. The maximum Gasteiger partial charge on any atom is 0.242 e. The predicted octanol–water partition coefficient (Wildman–Crippen LogP) is 2.80. The molecule has 1 amide bonds. The van der Waals surface area contributed by atoms with E-state index in [0.29, 0.717) is 13.1 Å². The Balaban J connectivity index is 0.00000192. The Labute approximate surface area is 143 Å². The third-order valence-corrected chi connectivity index (χ3v) is 5.13. The smallest absolute Gasteiger partial charge is 0.242 e. The number of carbonyl (C=O) groups is 2. The van der Waals surface area contributed by atoms with Gasteiger partial charge in [0.25, 0.3) is 0 Å². The fourth-order valence-electron chi connectivity index (χ4n) is 3.72. The molecule has 0 radical (unpaired) electrons. The van der Waals surface area contributed by atoms with Crippen LogP contribution in [0.1, 0.15) is 48.9 Å². The van der Waals surface area contributed by atoms with Gasteiger partial charge in [-0.3, -0.25) is 9.59 Å². The highest BCUT2D eigenvalue weighted by molar-refractivity contribution is 5.98. The van der Waals surface area contributed by atoms with Gasteiger partial charge in [-0.25, -0.2) is 0 Å². The highest BCUT2D eigenvalue weighted by Gasteiger charge is 2.41. The summed E-state index contributed by atoms with van der Waals surface area (Å²) in [6.07, 6.45) is 5.19. The molecule has 3 rings (SSSR count). The van der Waals surface area contributed by atoms with Gasteiger partial charge in [0.2, 0.25) is 5.91 Å². The number of likely N-dealkylation sites (tertiary alicyclic amines) is 1. The van der Waals surface area contributed by atoms with Gasteiger partial charge in [-0.05, 0) is 25.7 Å². The summed E-state index contributed by atoms with van der Waals surface area (Å²) in [5, 5.41) is 0. The molecule has 1 aromatic rings. The topological polar surface area (TPSA) is 63.4 Å². The van der Waals surface area contributed by atoms with Crippen molar-refractivity contribution in [1.82, 2.24) is 4.90 Å². The molecule has 126 valence electrons. The van der Waals surface area contributed by atoms with E-state index in [0.717, 1.165) is 44.1 Å². The SMILES string of the molecule is Cl.NC1(C(=O)N2CCC(C(=O)c3ccccc3)CC2)CCCC1. The number of hydrogen-bond acceptors (Lipinski definition) is 3. The maximum absolute atomic E-state index is 12.6. The van der Waals surface area contributed by atoms with Gasteiger partial charge < -0.3 is 10.6 Å². The van der Waals surface area contributed by atoms with Crippen molar-refractivity contribution in [2.75, 3.05) is 13.1 Å². The van der Waals surface area contributed by atoms with Crippen LogP contribution in [0.25, 0.3) is 0 Å². The number of ketones is 1. The van der Waals surface area contributed by atoms with E-state index in [1.165, 1.54) is 0 Å². The second kappa shape index (κ2) is 7.45. The first kappa shape index (κ1) is 18.0. The zero-order valence-electron chi connectivity index (χ0n) is 13.4. The minimum absolute atomic E-state index is 0. The van der Waals surface area contributed by atoms with Crippen molar-refractivity contribution in [3.8, 4) is 0 Å². The van der Waals surface area contributed by atoms with Gasteiger partial charge >= 0.3 is 0 Å². The minimum atomic E-state index is -0.643. The first-order chi connectivity index (χ1) is 10.6. The number of benzene rings is 1. The number of nitrogens with two attached hydrogens (primary N) is 1. The standard InChI is InChI=1S/C18H24N2O2.ClH/c19-18(10-4-5-11-18)17(22)20-12-8-15(9-13-20)16(21)14-6-2-1-3-7-14;/h1-3,6-7,15H,4-5,8-13,19H2;1H. The molecule has 2 N–H and O–H groups in total. The van der Waals surface area contributed by atoms with Crippen LogP contribution < -0.4 is 5.73 Å². The third kappa shape index (κ3) is 3.75. The molecule has 1 saturated carbocycles. The lowest BCUT2D eigenvalue weighted by atomic mass is 9.87. The van der Waals surface area contributed by atoms with Crippen LogP contribution in [0, 0.1) is 5.92 Å². The first-order valence-corrected chi connectivity index (χ1v) is 8.28. The summed E-state index contributed by atoms with van der Waals surface area (Å²) < 4.78 is 0. The number of carbonyl (C=O) groups excluding carboxylic acids is 2. The number of rotatable bonds is 3. The number of piperidine rings is 1. The lowest BCUT2D eigenvalue weighted by Crippen LogP contribution is -2.55. The number of amides is 1. The van der Waals surface area contributed by atoms with Crippen molar-refractivity contribution >= 4 is 24.1 Å². The van der Waals surface area contributed by atoms with Crippen LogP contribution >= 0.6 is 12.4 Å². The zero-order chi connectivity index (χ0) is 15.6. The molecule has 0 atom stereocenters. The molecule has 1 aliphatic carbocycles. The quantitative estimate of drug-likeness (QED) is 0.863. The largest absolute Gasteiger partial charge is 0.341 e. The number of nitrogens with zero attached hydrogens (tertiary/aromatic N) is 1. The van der Waals surface area contributed by atoms with Gasteiger partial charge in [-0.1, -0.05) is 43.2 Å². The average Bonchev–Trinajstić information content (AvgIpc) is 3.02. The van der Waals surface area contributed by atoms with Crippen LogP contribution in [-0.4, -0.2) is 35.2 Å². The van der Waals surface area contributed by atoms with Gasteiger partial charge in [0.15, 0.2) is 5.78 Å². The van der Waals surface area contributed by atoms with E-state index in [2.05, 4.69) is 0 Å². The summed E-state index contributed by atoms with van der Waals surface area (Å²) >= 11 is 0. The van der Waals surface area contributed by atoms with Crippen LogP contribution in [0.15, 0.2) is 30.3 Å². The molecule has 1 aromatic carbocycles. The Morgan fingerprint density at radius 1 is 1.04 bits per heavy atom. The maximum atomic E-state index is 12.6. The summed E-state index contributed by atoms with van der Waals surface area (Å²) in [6.45, 7) is 1.31. The first-order valence-electron chi connectivity index (χ1n) is 8.28. The Morgan fingerprint density at radius 3 is 2.17 bits per heavy atom. The van der Waals surface area contributed by atoms with Crippen molar-refractivity contribution in [2.45, 2.75) is 44.1 Å². The zero-order valence-corrected chi connectivity index (χ0v) is 14.2. The Morgan fingerprint density at radius 2 is 1.61 bits per heavy atom. The van der Waals surface area contributed by atoms with Crippen molar-refractivity contribution in [2.24, 2.45) is 11.7 Å². The fourth-order valence-corrected chi connectivity index (χ4v) is 3.72. The second-order valence-electron chi connectivity index (χ2n) is 6.66. The van der Waals surface area contributed by atoms with Crippen molar-refractivity contribution < 1.29 is 9.59 Å².